The monoisotopic (exact) mass is 331 g/mol. The van der Waals surface area contributed by atoms with Gasteiger partial charge in [-0.2, -0.15) is 9.61 Å². The third-order valence-electron chi connectivity index (χ3n) is 4.16. The molecule has 2 heterocycles. The van der Waals surface area contributed by atoms with Gasteiger partial charge in [0.05, 0.1) is 0 Å². The van der Waals surface area contributed by atoms with Crippen LogP contribution in [0.4, 0.5) is 0 Å². The van der Waals surface area contributed by atoms with Crippen molar-refractivity contribution >= 4 is 50.1 Å². The van der Waals surface area contributed by atoms with Crippen LogP contribution in [0.2, 0.25) is 0 Å². The molecule has 6 heteroatoms. The van der Waals surface area contributed by atoms with Crippen LogP contribution in [0.5, 0.6) is 0 Å². The highest BCUT2D eigenvalue weighted by Crippen LogP contribution is 2.33. The van der Waals surface area contributed by atoms with Gasteiger partial charge in [-0.15, -0.1) is 10.2 Å². The van der Waals surface area contributed by atoms with Crippen molar-refractivity contribution in [3.8, 4) is 0 Å². The van der Waals surface area contributed by atoms with Crippen LogP contribution < -0.4 is 0 Å². The van der Waals surface area contributed by atoms with Crippen molar-refractivity contribution in [3.63, 3.8) is 0 Å². The van der Waals surface area contributed by atoms with Gasteiger partial charge in [0.1, 0.15) is 11.0 Å². The first-order valence-corrected chi connectivity index (χ1v) is 8.81. The molecule has 2 aromatic heterocycles. The Kier molecular flexibility index (Phi) is 2.93. The molecular weight excluding hydrogens is 318 g/mol. The van der Waals surface area contributed by atoms with E-state index in [2.05, 4.69) is 53.5 Å². The first-order chi connectivity index (χ1) is 11.9. The average Bonchev–Trinajstić information content (AvgIpc) is 3.03. The summed E-state index contributed by atoms with van der Waals surface area (Å²) in [5, 5.41) is 18.6. The van der Waals surface area contributed by atoms with Crippen molar-refractivity contribution in [2.24, 2.45) is 0 Å². The largest absolute Gasteiger partial charge is 0.273 e. The van der Waals surface area contributed by atoms with E-state index in [9.17, 15) is 0 Å². The number of hydrogen-bond acceptors (Lipinski definition) is 5. The second-order valence-corrected chi connectivity index (χ2v) is 6.76. The van der Waals surface area contributed by atoms with Crippen LogP contribution in [0.15, 0.2) is 53.7 Å². The molecule has 24 heavy (non-hydrogen) atoms. The molecule has 0 saturated heterocycles. The van der Waals surface area contributed by atoms with Crippen LogP contribution in [-0.2, 0) is 0 Å². The molecule has 0 unspecified atom stereocenters. The number of thioether (sulfide) groups is 1. The molecule has 0 fully saturated rings. The number of fused-ring (bicyclic) bond motifs is 7. The molecule has 0 N–H and O–H groups in total. The molecular formula is C18H13N5S. The Balaban J connectivity index is 2.05. The van der Waals surface area contributed by atoms with Gasteiger partial charge in [-0.1, -0.05) is 67.2 Å². The van der Waals surface area contributed by atoms with Crippen molar-refractivity contribution < 1.29 is 0 Å². The fourth-order valence-electron chi connectivity index (χ4n) is 3.15. The number of benzene rings is 3. The smallest absolute Gasteiger partial charge is 0.207 e. The van der Waals surface area contributed by atoms with E-state index >= 15 is 0 Å². The van der Waals surface area contributed by atoms with E-state index in [1.807, 2.05) is 12.1 Å². The van der Waals surface area contributed by atoms with Crippen LogP contribution in [0.1, 0.15) is 6.92 Å². The number of aromatic nitrogens is 5. The second-order valence-electron chi connectivity index (χ2n) is 5.53. The van der Waals surface area contributed by atoms with Crippen LogP contribution in [-0.4, -0.2) is 30.5 Å². The highest BCUT2D eigenvalue weighted by molar-refractivity contribution is 7.99. The van der Waals surface area contributed by atoms with Crippen molar-refractivity contribution in [1.82, 2.24) is 24.8 Å². The minimum Gasteiger partial charge on any atom is -0.207 e. The quantitative estimate of drug-likeness (QED) is 0.360. The molecule has 0 aliphatic rings. The molecule has 0 saturated carbocycles. The standard InChI is InChI=1S/C18H13N5S/c1-2-24-18-21-20-17-19-15-13-9-5-3-7-11(13)12-8-4-6-10-14(12)16(15)22-23(17)18/h3-10H,2H2,1H3. The lowest BCUT2D eigenvalue weighted by atomic mass is 10.00. The Labute approximate surface area is 141 Å². The molecule has 5 aromatic rings. The number of rotatable bonds is 2. The summed E-state index contributed by atoms with van der Waals surface area (Å²) in [4.78, 5) is 4.77. The van der Waals surface area contributed by atoms with E-state index in [-0.39, 0.29) is 0 Å². The van der Waals surface area contributed by atoms with Crippen molar-refractivity contribution in [1.29, 1.82) is 0 Å². The predicted octanol–water partition coefficient (Wildman–Crippen LogP) is 4.09. The van der Waals surface area contributed by atoms with Crippen LogP contribution in [0.3, 0.4) is 0 Å². The number of hydrogen-bond donors (Lipinski definition) is 0. The highest BCUT2D eigenvalue weighted by Gasteiger charge is 2.14. The fraction of sp³-hybridized carbons (Fsp3) is 0.111. The zero-order chi connectivity index (χ0) is 16.1. The maximum absolute atomic E-state index is 4.84. The molecule has 0 bridgehead atoms. The van der Waals surface area contributed by atoms with Gasteiger partial charge in [-0.3, -0.25) is 0 Å². The maximum atomic E-state index is 4.84. The minimum absolute atomic E-state index is 0.541. The molecule has 0 aliphatic carbocycles. The molecule has 116 valence electrons. The lowest BCUT2D eigenvalue weighted by Gasteiger charge is -2.09. The number of nitrogens with zero attached hydrogens (tertiary/aromatic N) is 5. The molecule has 0 atom stereocenters. The third kappa shape index (κ3) is 1.83. The van der Waals surface area contributed by atoms with Gasteiger partial charge in [-0.25, -0.2) is 4.98 Å². The molecule has 5 nitrogen and oxygen atoms in total. The highest BCUT2D eigenvalue weighted by atomic mass is 32.2. The Morgan fingerprint density at radius 1 is 0.833 bits per heavy atom. The van der Waals surface area contributed by atoms with Gasteiger partial charge in [0, 0.05) is 10.8 Å². The van der Waals surface area contributed by atoms with E-state index in [0.29, 0.717) is 5.78 Å². The van der Waals surface area contributed by atoms with Crippen molar-refractivity contribution in [3.05, 3.63) is 48.5 Å². The summed E-state index contributed by atoms with van der Waals surface area (Å²) in [6.45, 7) is 2.09. The Morgan fingerprint density at radius 3 is 2.12 bits per heavy atom. The topological polar surface area (TPSA) is 56.0 Å². The van der Waals surface area contributed by atoms with Gasteiger partial charge in [0.2, 0.25) is 5.16 Å². The summed E-state index contributed by atoms with van der Waals surface area (Å²) in [5.74, 6) is 1.46. The zero-order valence-electron chi connectivity index (χ0n) is 13.0. The summed E-state index contributed by atoms with van der Waals surface area (Å²) < 4.78 is 1.75. The van der Waals surface area contributed by atoms with Gasteiger partial charge in [0.25, 0.3) is 5.78 Å². The summed E-state index contributed by atoms with van der Waals surface area (Å²) in [6, 6.07) is 16.6. The first-order valence-electron chi connectivity index (χ1n) is 7.82. The van der Waals surface area contributed by atoms with Gasteiger partial charge < -0.3 is 0 Å². The predicted molar refractivity (Wildman–Crippen MR) is 97.5 cm³/mol. The Morgan fingerprint density at radius 2 is 1.46 bits per heavy atom. The van der Waals surface area contributed by atoms with Gasteiger partial charge in [-0.05, 0) is 16.5 Å². The van der Waals surface area contributed by atoms with E-state index < -0.39 is 0 Å². The molecule has 0 spiro atoms. The fourth-order valence-corrected chi connectivity index (χ4v) is 3.75. The molecule has 0 amide bonds. The van der Waals surface area contributed by atoms with Crippen LogP contribution >= 0.6 is 11.8 Å². The van der Waals surface area contributed by atoms with E-state index in [1.165, 1.54) is 10.8 Å². The summed E-state index contributed by atoms with van der Waals surface area (Å²) in [5.41, 5.74) is 1.76. The van der Waals surface area contributed by atoms with Gasteiger partial charge in [0.15, 0.2) is 0 Å². The maximum Gasteiger partial charge on any atom is 0.273 e. The zero-order valence-corrected chi connectivity index (χ0v) is 13.8. The normalized spacial score (nSPS) is 11.9. The molecule has 0 radical (unpaired) electrons. The van der Waals surface area contributed by atoms with Crippen LogP contribution in [0, 0.1) is 0 Å². The van der Waals surface area contributed by atoms with Crippen molar-refractivity contribution in [2.45, 2.75) is 12.1 Å². The summed E-state index contributed by atoms with van der Waals surface area (Å²) in [7, 11) is 0. The third-order valence-corrected chi connectivity index (χ3v) is 4.96. The molecule has 5 rings (SSSR count). The van der Waals surface area contributed by atoms with E-state index in [4.69, 9.17) is 10.1 Å². The minimum atomic E-state index is 0.541. The average molecular weight is 331 g/mol. The molecule has 3 aromatic carbocycles. The second kappa shape index (κ2) is 5.14. The van der Waals surface area contributed by atoms with Gasteiger partial charge >= 0.3 is 0 Å². The van der Waals surface area contributed by atoms with E-state index in [0.717, 1.165) is 32.7 Å². The molecule has 0 aliphatic heterocycles. The Bertz CT molecular complexity index is 1230. The lowest BCUT2D eigenvalue weighted by molar-refractivity contribution is 0.820. The first kappa shape index (κ1) is 13.7. The van der Waals surface area contributed by atoms with Crippen LogP contribution in [0.25, 0.3) is 38.4 Å². The van der Waals surface area contributed by atoms with E-state index in [1.54, 1.807) is 16.3 Å². The lowest BCUT2D eigenvalue weighted by Crippen LogP contribution is -1.99. The SMILES string of the molecule is CCSc1nnc2nc3c4ccccc4c4ccccc4c3nn12. The summed E-state index contributed by atoms with van der Waals surface area (Å²) >= 11 is 1.62. The van der Waals surface area contributed by atoms with Crippen molar-refractivity contribution in [2.75, 3.05) is 5.75 Å². The Hall–Kier alpha value is -2.73. The summed E-state index contributed by atoms with van der Waals surface area (Å²) in [6.07, 6.45) is 0.